The summed E-state index contributed by atoms with van der Waals surface area (Å²) in [6, 6.07) is 3.86. The van der Waals surface area contributed by atoms with Crippen molar-refractivity contribution in [2.75, 3.05) is 13.1 Å². The van der Waals surface area contributed by atoms with E-state index in [0.717, 1.165) is 24.7 Å². The Hall–Kier alpha value is -1.91. The zero-order valence-corrected chi connectivity index (χ0v) is 15.6. The molecule has 2 heterocycles. The number of rotatable bonds is 4. The number of carbonyl (C=O) groups is 2. The average molecular weight is 355 g/mol. The predicted octanol–water partition coefficient (Wildman–Crippen LogP) is 2.87. The first-order valence-corrected chi connectivity index (χ1v) is 10.1. The van der Waals surface area contributed by atoms with Gasteiger partial charge in [0, 0.05) is 37.4 Å². The molecule has 140 valence electrons. The zero-order valence-electron chi connectivity index (χ0n) is 15.6. The summed E-state index contributed by atoms with van der Waals surface area (Å²) in [6.45, 7) is 3.48. The van der Waals surface area contributed by atoms with E-state index in [-0.39, 0.29) is 23.8 Å². The number of carbonyl (C=O) groups excluding carboxylic acids is 2. The molecule has 5 heteroatoms. The van der Waals surface area contributed by atoms with E-state index in [1.807, 2.05) is 4.90 Å². The molecule has 1 aromatic heterocycles. The fourth-order valence-corrected chi connectivity index (χ4v) is 5.37. The van der Waals surface area contributed by atoms with Gasteiger partial charge in [-0.1, -0.05) is 6.42 Å². The molecule has 2 aliphatic carbocycles. The zero-order chi connectivity index (χ0) is 18.1. The van der Waals surface area contributed by atoms with Crippen LogP contribution < -0.4 is 5.32 Å². The highest BCUT2D eigenvalue weighted by atomic mass is 16.2. The van der Waals surface area contributed by atoms with Gasteiger partial charge >= 0.3 is 0 Å². The lowest BCUT2D eigenvalue weighted by Crippen LogP contribution is -2.47. The van der Waals surface area contributed by atoms with Crippen molar-refractivity contribution in [2.24, 2.45) is 23.7 Å². The van der Waals surface area contributed by atoms with Gasteiger partial charge in [0.2, 0.25) is 5.91 Å². The standard InChI is InChI=1S/C21H29N3O2/c1-14(19-12-15-4-5-17(19)11-15)23-20(25)16-6-9-24(10-7-16)21(26)18-3-2-8-22-13-18/h2-3,8,13-17,19H,4-7,9-12H2,1H3,(H,23,25)/t14-,15+,17+,19-/m1/s1. The molecule has 1 aromatic rings. The van der Waals surface area contributed by atoms with E-state index in [4.69, 9.17) is 0 Å². The number of pyridine rings is 1. The number of hydrogen-bond acceptors (Lipinski definition) is 3. The summed E-state index contributed by atoms with van der Waals surface area (Å²) >= 11 is 0. The molecule has 5 nitrogen and oxygen atoms in total. The van der Waals surface area contributed by atoms with Crippen LogP contribution in [0.4, 0.5) is 0 Å². The molecule has 26 heavy (non-hydrogen) atoms. The van der Waals surface area contributed by atoms with Crippen LogP contribution in [0.1, 0.15) is 55.8 Å². The highest BCUT2D eigenvalue weighted by molar-refractivity contribution is 5.94. The van der Waals surface area contributed by atoms with Gasteiger partial charge < -0.3 is 10.2 Å². The number of likely N-dealkylation sites (tertiary alicyclic amines) is 1. The minimum atomic E-state index is 0.0207. The van der Waals surface area contributed by atoms with Gasteiger partial charge in [-0.25, -0.2) is 0 Å². The molecule has 2 saturated carbocycles. The first-order chi connectivity index (χ1) is 12.6. The second kappa shape index (κ2) is 7.37. The lowest BCUT2D eigenvalue weighted by molar-refractivity contribution is -0.127. The summed E-state index contributed by atoms with van der Waals surface area (Å²) in [7, 11) is 0. The molecule has 0 radical (unpaired) electrons. The topological polar surface area (TPSA) is 62.3 Å². The molecule has 2 bridgehead atoms. The van der Waals surface area contributed by atoms with Gasteiger partial charge in [0.25, 0.3) is 5.91 Å². The van der Waals surface area contributed by atoms with E-state index in [9.17, 15) is 9.59 Å². The van der Waals surface area contributed by atoms with Crippen LogP contribution in [0.2, 0.25) is 0 Å². The van der Waals surface area contributed by atoms with Gasteiger partial charge in [0.05, 0.1) is 5.56 Å². The Morgan fingerprint density at radius 2 is 2.00 bits per heavy atom. The van der Waals surface area contributed by atoms with Gasteiger partial charge in [-0.3, -0.25) is 14.6 Å². The number of nitrogens with zero attached hydrogens (tertiary/aromatic N) is 2. The van der Waals surface area contributed by atoms with E-state index >= 15 is 0 Å². The number of fused-ring (bicyclic) bond motifs is 2. The average Bonchev–Trinajstić information content (AvgIpc) is 3.32. The smallest absolute Gasteiger partial charge is 0.255 e. The highest BCUT2D eigenvalue weighted by Crippen LogP contribution is 2.49. The van der Waals surface area contributed by atoms with Gasteiger partial charge in [0.1, 0.15) is 0 Å². The van der Waals surface area contributed by atoms with Gasteiger partial charge in [-0.2, -0.15) is 0 Å². The molecular formula is C21H29N3O2. The molecule has 0 unspecified atom stereocenters. The summed E-state index contributed by atoms with van der Waals surface area (Å²) in [5.74, 6) is 2.65. The van der Waals surface area contributed by atoms with E-state index < -0.39 is 0 Å². The summed E-state index contributed by atoms with van der Waals surface area (Å²) in [5, 5.41) is 3.30. The molecule has 1 N–H and O–H groups in total. The van der Waals surface area contributed by atoms with Gasteiger partial charge in [-0.15, -0.1) is 0 Å². The molecule has 1 aliphatic heterocycles. The van der Waals surface area contributed by atoms with E-state index in [1.165, 1.54) is 25.7 Å². The first kappa shape index (κ1) is 17.5. The second-order valence-corrected chi connectivity index (χ2v) is 8.44. The van der Waals surface area contributed by atoms with Crippen LogP contribution in [0.25, 0.3) is 0 Å². The van der Waals surface area contributed by atoms with Crippen molar-refractivity contribution >= 4 is 11.8 Å². The van der Waals surface area contributed by atoms with Crippen LogP contribution in [-0.2, 0) is 4.79 Å². The minimum Gasteiger partial charge on any atom is -0.353 e. The molecule has 1 saturated heterocycles. The molecule has 0 spiro atoms. The van der Waals surface area contributed by atoms with Gasteiger partial charge in [-0.05, 0) is 68.9 Å². The van der Waals surface area contributed by atoms with Gasteiger partial charge in [0.15, 0.2) is 0 Å². The molecule has 4 atom stereocenters. The fraction of sp³-hybridized carbons (Fsp3) is 0.667. The normalized spacial score (nSPS) is 29.6. The Labute approximate surface area is 155 Å². The Kier molecular flexibility index (Phi) is 4.96. The molecule has 2 amide bonds. The van der Waals surface area contributed by atoms with E-state index in [0.29, 0.717) is 24.6 Å². The highest BCUT2D eigenvalue weighted by Gasteiger charge is 2.42. The number of amides is 2. The number of aromatic nitrogens is 1. The monoisotopic (exact) mass is 355 g/mol. The fourth-order valence-electron chi connectivity index (χ4n) is 5.37. The van der Waals surface area contributed by atoms with E-state index in [1.54, 1.807) is 24.5 Å². The maximum atomic E-state index is 12.7. The molecule has 3 fully saturated rings. The summed E-state index contributed by atoms with van der Waals surface area (Å²) in [6.07, 6.45) is 10.2. The van der Waals surface area contributed by atoms with Crippen molar-refractivity contribution in [3.05, 3.63) is 30.1 Å². The van der Waals surface area contributed by atoms with Crippen molar-refractivity contribution in [1.82, 2.24) is 15.2 Å². The molecule has 4 rings (SSSR count). The van der Waals surface area contributed by atoms with Crippen molar-refractivity contribution in [1.29, 1.82) is 0 Å². The third kappa shape index (κ3) is 3.49. The summed E-state index contributed by atoms with van der Waals surface area (Å²) in [5.41, 5.74) is 0.625. The molecule has 0 aromatic carbocycles. The molecule has 3 aliphatic rings. The SMILES string of the molecule is C[C@@H](NC(=O)C1CCN(C(=O)c2cccnc2)CC1)[C@H]1C[C@H]2CC[C@H]1C2. The Balaban J connectivity index is 1.26. The van der Waals surface area contributed by atoms with Crippen LogP contribution in [0.3, 0.4) is 0 Å². The van der Waals surface area contributed by atoms with Crippen LogP contribution >= 0.6 is 0 Å². The number of piperidine rings is 1. The Morgan fingerprint density at radius 3 is 2.62 bits per heavy atom. The van der Waals surface area contributed by atoms with Crippen LogP contribution in [-0.4, -0.2) is 40.8 Å². The van der Waals surface area contributed by atoms with E-state index in [2.05, 4.69) is 17.2 Å². The van der Waals surface area contributed by atoms with Crippen LogP contribution in [0, 0.1) is 23.7 Å². The first-order valence-electron chi connectivity index (χ1n) is 10.1. The van der Waals surface area contributed by atoms with Crippen molar-refractivity contribution in [2.45, 2.75) is 51.5 Å². The quantitative estimate of drug-likeness (QED) is 0.903. The summed E-state index contributed by atoms with van der Waals surface area (Å²) in [4.78, 5) is 31.0. The Bertz CT molecular complexity index is 654. The van der Waals surface area contributed by atoms with Crippen molar-refractivity contribution in [3.8, 4) is 0 Å². The lowest BCUT2D eigenvalue weighted by Gasteiger charge is -2.33. The third-order valence-electron chi connectivity index (χ3n) is 6.87. The maximum Gasteiger partial charge on any atom is 0.255 e. The van der Waals surface area contributed by atoms with Crippen LogP contribution in [0.5, 0.6) is 0 Å². The third-order valence-corrected chi connectivity index (χ3v) is 6.87. The lowest BCUT2D eigenvalue weighted by atomic mass is 9.83. The largest absolute Gasteiger partial charge is 0.353 e. The number of hydrogen-bond donors (Lipinski definition) is 1. The Morgan fingerprint density at radius 1 is 1.19 bits per heavy atom. The van der Waals surface area contributed by atoms with Crippen LogP contribution in [0.15, 0.2) is 24.5 Å². The number of nitrogens with one attached hydrogen (secondary N) is 1. The maximum absolute atomic E-state index is 12.7. The minimum absolute atomic E-state index is 0.0207. The summed E-state index contributed by atoms with van der Waals surface area (Å²) < 4.78 is 0. The molecular weight excluding hydrogens is 326 g/mol. The van der Waals surface area contributed by atoms with Crippen molar-refractivity contribution in [3.63, 3.8) is 0 Å². The van der Waals surface area contributed by atoms with Crippen molar-refractivity contribution < 1.29 is 9.59 Å². The predicted molar refractivity (Wildman–Crippen MR) is 99.4 cm³/mol. The second-order valence-electron chi connectivity index (χ2n) is 8.44.